The number of sulfone groups is 2. The van der Waals surface area contributed by atoms with Crippen LogP contribution in [0.5, 0.6) is 11.6 Å². The van der Waals surface area contributed by atoms with E-state index in [0.29, 0.717) is 19.8 Å². The number of carbonyl (C=O) groups is 1. The highest BCUT2D eigenvalue weighted by Crippen LogP contribution is 2.45. The Bertz CT molecular complexity index is 1480. The van der Waals surface area contributed by atoms with Gasteiger partial charge in [-0.2, -0.15) is 13.8 Å². The van der Waals surface area contributed by atoms with Gasteiger partial charge in [0.25, 0.3) is 5.91 Å². The number of ether oxygens (including phenoxy) is 1. The first-order valence-electron chi connectivity index (χ1n) is 12.2. The molecular formula is C25H30F2N4O6S2. The molecule has 2 N–H and O–H groups in total. The summed E-state index contributed by atoms with van der Waals surface area (Å²) in [6, 6.07) is 6.82. The third-order valence-corrected chi connectivity index (χ3v) is 8.96. The third-order valence-electron chi connectivity index (χ3n) is 6.72. The second-order valence-corrected chi connectivity index (χ2v) is 14.4. The first-order valence-corrected chi connectivity index (χ1v) is 16.1. The quantitative estimate of drug-likeness (QED) is 0.420. The summed E-state index contributed by atoms with van der Waals surface area (Å²) in [5.74, 6) is -6.14. The molecule has 1 aromatic carbocycles. The summed E-state index contributed by atoms with van der Waals surface area (Å²) in [5, 5.41) is 0.326. The maximum atomic E-state index is 14.7. The standard InChI is InChI=1S/C25H30F2N4O6S2/c1-25(26,27)24-29-22(20(21(28)32)23(30-24)37-17-7-5-4-6-8-17)31(16-13-18(14-16)39(3,35)36)19(15-9-10-15)11-12-38(2,33)34/h4-8,11-12,15-16,18-19H,9-10,13-14H2,1-3H3,(H2,28,32)/b12-11+/t16?,18?,19-/m1/s1. The number of para-hydroxylation sites is 1. The van der Waals surface area contributed by atoms with Crippen LogP contribution >= 0.6 is 0 Å². The molecule has 14 heteroatoms. The van der Waals surface area contributed by atoms with Crippen molar-refractivity contribution >= 4 is 31.4 Å². The Balaban J connectivity index is 1.94. The molecular weight excluding hydrogens is 554 g/mol. The van der Waals surface area contributed by atoms with E-state index in [1.807, 2.05) is 0 Å². The number of aromatic nitrogens is 2. The largest absolute Gasteiger partial charge is 0.438 e. The monoisotopic (exact) mass is 584 g/mol. The van der Waals surface area contributed by atoms with Crippen LogP contribution in [-0.4, -0.2) is 62.6 Å². The predicted molar refractivity (Wildman–Crippen MR) is 141 cm³/mol. The second kappa shape index (κ2) is 10.5. The number of carbonyl (C=O) groups excluding carboxylic acids is 1. The Morgan fingerprint density at radius 1 is 1.13 bits per heavy atom. The van der Waals surface area contributed by atoms with Crippen molar-refractivity contribution in [3.8, 4) is 11.6 Å². The second-order valence-electron chi connectivity index (χ2n) is 10.2. The lowest BCUT2D eigenvalue weighted by molar-refractivity contribution is 0.00714. The van der Waals surface area contributed by atoms with Gasteiger partial charge in [0.05, 0.1) is 11.3 Å². The van der Waals surface area contributed by atoms with Gasteiger partial charge in [-0.25, -0.2) is 21.8 Å². The number of anilines is 1. The molecule has 0 bridgehead atoms. The summed E-state index contributed by atoms with van der Waals surface area (Å²) >= 11 is 0. The van der Waals surface area contributed by atoms with E-state index in [0.717, 1.165) is 17.9 Å². The van der Waals surface area contributed by atoms with Crippen molar-refractivity contribution in [3.63, 3.8) is 0 Å². The highest BCUT2D eigenvalue weighted by atomic mass is 32.2. The molecule has 2 aromatic rings. The smallest absolute Gasteiger partial charge is 0.304 e. The van der Waals surface area contributed by atoms with Crippen LogP contribution in [0.2, 0.25) is 0 Å². The molecule has 2 aliphatic rings. The molecule has 10 nitrogen and oxygen atoms in total. The molecule has 4 rings (SSSR count). The number of hydrogen-bond donors (Lipinski definition) is 1. The van der Waals surface area contributed by atoms with Crippen molar-refractivity contribution in [2.75, 3.05) is 17.4 Å². The van der Waals surface area contributed by atoms with Crippen LogP contribution in [0.15, 0.2) is 41.8 Å². The molecule has 0 spiro atoms. The van der Waals surface area contributed by atoms with Gasteiger partial charge in [-0.3, -0.25) is 4.79 Å². The molecule has 1 heterocycles. The zero-order valence-electron chi connectivity index (χ0n) is 21.6. The normalized spacial score (nSPS) is 20.8. The fourth-order valence-corrected chi connectivity index (χ4v) is 6.10. The first kappa shape index (κ1) is 28.9. The Morgan fingerprint density at radius 3 is 2.23 bits per heavy atom. The summed E-state index contributed by atoms with van der Waals surface area (Å²) in [6.07, 6.45) is 5.23. The average Bonchev–Trinajstić information content (AvgIpc) is 3.60. The van der Waals surface area contributed by atoms with Crippen molar-refractivity contribution in [1.82, 2.24) is 9.97 Å². The van der Waals surface area contributed by atoms with Crippen molar-refractivity contribution in [2.45, 2.75) is 55.9 Å². The minimum atomic E-state index is -3.57. The molecule has 39 heavy (non-hydrogen) atoms. The summed E-state index contributed by atoms with van der Waals surface area (Å²) < 4.78 is 83.4. The van der Waals surface area contributed by atoms with E-state index in [1.54, 1.807) is 35.2 Å². The Kier molecular flexibility index (Phi) is 7.74. The highest BCUT2D eigenvalue weighted by Gasteiger charge is 2.47. The van der Waals surface area contributed by atoms with E-state index in [9.17, 15) is 30.4 Å². The Labute approximate surface area is 226 Å². The summed E-state index contributed by atoms with van der Waals surface area (Å²) in [7, 11) is -6.96. The van der Waals surface area contributed by atoms with E-state index in [2.05, 4.69) is 9.97 Å². The minimum absolute atomic E-state index is 0.0833. The van der Waals surface area contributed by atoms with Crippen molar-refractivity contribution in [1.29, 1.82) is 0 Å². The SMILES string of the molecule is CC(F)(F)c1nc(Oc2ccccc2)c(C(N)=O)c(N(C2CC(S(C)(=O)=O)C2)[C@H](/C=C/S(C)(=O)=O)C2CC2)n1. The lowest BCUT2D eigenvalue weighted by Crippen LogP contribution is -2.55. The van der Waals surface area contributed by atoms with Crippen LogP contribution in [0.25, 0.3) is 0 Å². The van der Waals surface area contributed by atoms with Gasteiger partial charge in [-0.1, -0.05) is 24.3 Å². The summed E-state index contributed by atoms with van der Waals surface area (Å²) in [5.41, 5.74) is 5.37. The van der Waals surface area contributed by atoms with Gasteiger partial charge in [0.15, 0.2) is 9.84 Å². The molecule has 1 aromatic heterocycles. The third kappa shape index (κ3) is 6.90. The van der Waals surface area contributed by atoms with Gasteiger partial charge < -0.3 is 15.4 Å². The van der Waals surface area contributed by atoms with Crippen LogP contribution in [0.1, 0.15) is 48.8 Å². The maximum absolute atomic E-state index is 14.7. The van der Waals surface area contributed by atoms with E-state index in [1.165, 1.54) is 6.08 Å². The number of nitrogens with zero attached hydrogens (tertiary/aromatic N) is 3. The number of amides is 1. The molecule has 212 valence electrons. The molecule has 2 aliphatic carbocycles. The lowest BCUT2D eigenvalue weighted by Gasteiger charge is -2.46. The van der Waals surface area contributed by atoms with E-state index < -0.39 is 60.5 Å². The van der Waals surface area contributed by atoms with Crippen LogP contribution in [0.3, 0.4) is 0 Å². The van der Waals surface area contributed by atoms with Crippen LogP contribution in [0.4, 0.5) is 14.6 Å². The van der Waals surface area contributed by atoms with E-state index >= 15 is 0 Å². The lowest BCUT2D eigenvalue weighted by atomic mass is 9.88. The summed E-state index contributed by atoms with van der Waals surface area (Å²) in [4.78, 5) is 22.3. The fourth-order valence-electron chi connectivity index (χ4n) is 4.51. The summed E-state index contributed by atoms with van der Waals surface area (Å²) in [6.45, 7) is 0.595. The molecule has 2 saturated carbocycles. The molecule has 0 aliphatic heterocycles. The number of rotatable bonds is 11. The van der Waals surface area contributed by atoms with Crippen molar-refractivity contribution < 1.29 is 35.1 Å². The number of benzene rings is 1. The molecule has 0 unspecified atom stereocenters. The van der Waals surface area contributed by atoms with Gasteiger partial charge in [0, 0.05) is 30.9 Å². The maximum Gasteiger partial charge on any atom is 0.304 e. The van der Waals surface area contributed by atoms with Crippen LogP contribution < -0.4 is 15.4 Å². The first-order chi connectivity index (χ1) is 18.0. The molecule has 0 radical (unpaired) electrons. The Hall–Kier alpha value is -3.13. The number of halogens is 2. The molecule has 1 amide bonds. The van der Waals surface area contributed by atoms with Gasteiger partial charge in [0.2, 0.25) is 11.7 Å². The zero-order valence-corrected chi connectivity index (χ0v) is 23.3. The van der Waals surface area contributed by atoms with Crippen LogP contribution in [-0.2, 0) is 25.6 Å². The number of nitrogens with two attached hydrogens (primary N) is 1. The topological polar surface area (TPSA) is 150 Å². The van der Waals surface area contributed by atoms with Crippen LogP contribution in [0, 0.1) is 5.92 Å². The minimum Gasteiger partial charge on any atom is -0.438 e. The van der Waals surface area contributed by atoms with Gasteiger partial charge in [0.1, 0.15) is 27.0 Å². The average molecular weight is 585 g/mol. The predicted octanol–water partition coefficient (Wildman–Crippen LogP) is 3.20. The van der Waals surface area contributed by atoms with E-state index in [-0.39, 0.29) is 35.9 Å². The Morgan fingerprint density at radius 2 is 1.74 bits per heavy atom. The number of alkyl halides is 2. The molecule has 1 atom stereocenters. The fraction of sp³-hybridized carbons (Fsp3) is 0.480. The van der Waals surface area contributed by atoms with Crippen molar-refractivity contribution in [2.24, 2.45) is 11.7 Å². The number of hydrogen-bond acceptors (Lipinski definition) is 9. The van der Waals surface area contributed by atoms with E-state index in [4.69, 9.17) is 10.5 Å². The molecule has 0 saturated heterocycles. The van der Waals surface area contributed by atoms with Crippen molar-refractivity contribution in [3.05, 3.63) is 53.2 Å². The van der Waals surface area contributed by atoms with Gasteiger partial charge in [-0.05, 0) is 43.7 Å². The zero-order chi connectivity index (χ0) is 28.8. The number of primary amides is 1. The van der Waals surface area contributed by atoms with Gasteiger partial charge in [-0.15, -0.1) is 0 Å². The van der Waals surface area contributed by atoms with Gasteiger partial charge >= 0.3 is 5.92 Å². The molecule has 2 fully saturated rings. The highest BCUT2D eigenvalue weighted by molar-refractivity contribution is 7.93.